The van der Waals surface area contributed by atoms with Crippen molar-refractivity contribution in [2.24, 2.45) is 0 Å². The number of cyclic esters (lactones) is 2. The van der Waals surface area contributed by atoms with E-state index in [4.69, 9.17) is 9.47 Å². The van der Waals surface area contributed by atoms with Crippen molar-refractivity contribution in [2.75, 3.05) is 19.0 Å². The topological polar surface area (TPSA) is 99.0 Å². The van der Waals surface area contributed by atoms with Crippen molar-refractivity contribution in [2.45, 2.75) is 19.6 Å². The van der Waals surface area contributed by atoms with Crippen LogP contribution in [0, 0.1) is 10.1 Å². The number of nitrogens with zero attached hydrogens (tertiary/aromatic N) is 2. The lowest BCUT2D eigenvalue weighted by Gasteiger charge is -2.30. The fourth-order valence-electron chi connectivity index (χ4n) is 2.11. The maximum atomic E-state index is 12.0. The molecule has 0 aliphatic carbocycles. The van der Waals surface area contributed by atoms with Gasteiger partial charge < -0.3 is 14.4 Å². The molecule has 8 nitrogen and oxygen atoms in total. The molecule has 0 aromatic heterocycles. The van der Waals surface area contributed by atoms with Gasteiger partial charge in [0.25, 0.3) is 11.5 Å². The number of nitro groups is 1. The molecule has 1 aliphatic heterocycles. The number of carbonyl (C=O) groups excluding carboxylic acids is 2. The Morgan fingerprint density at radius 2 is 1.74 bits per heavy atom. The highest BCUT2D eigenvalue weighted by atomic mass is 16.7. The Kier molecular flexibility index (Phi) is 4.09. The Hall–Kier alpha value is -2.90. The van der Waals surface area contributed by atoms with Crippen LogP contribution in [-0.4, -0.2) is 36.7 Å². The van der Waals surface area contributed by atoms with Crippen LogP contribution >= 0.6 is 0 Å². The summed E-state index contributed by atoms with van der Waals surface area (Å²) in [5, 5.41) is 10.9. The third kappa shape index (κ3) is 3.47. The average Bonchev–Trinajstić information content (AvgIpc) is 2.41. The molecule has 2 rings (SSSR count). The first-order valence-corrected chi connectivity index (χ1v) is 6.75. The van der Waals surface area contributed by atoms with E-state index in [1.54, 1.807) is 19.0 Å². The van der Waals surface area contributed by atoms with Gasteiger partial charge in [-0.15, -0.1) is 0 Å². The normalized spacial score (nSPS) is 16.4. The van der Waals surface area contributed by atoms with Crippen molar-refractivity contribution in [3.63, 3.8) is 0 Å². The highest BCUT2D eigenvalue weighted by Crippen LogP contribution is 2.29. The summed E-state index contributed by atoms with van der Waals surface area (Å²) in [5.41, 5.74) is 0.481. The monoisotopic (exact) mass is 320 g/mol. The first kappa shape index (κ1) is 16.5. The molecule has 1 aromatic carbocycles. The number of non-ortho nitro benzene ring substituents is 1. The van der Waals surface area contributed by atoms with Gasteiger partial charge in [0.2, 0.25) is 0 Å². The summed E-state index contributed by atoms with van der Waals surface area (Å²) >= 11 is 0. The summed E-state index contributed by atoms with van der Waals surface area (Å²) in [7, 11) is 3.48. The molecule has 0 saturated carbocycles. The third-order valence-electron chi connectivity index (χ3n) is 3.12. The molecule has 1 aliphatic rings. The number of rotatable bonds is 3. The minimum Gasteiger partial charge on any atom is -0.419 e. The fourth-order valence-corrected chi connectivity index (χ4v) is 2.11. The molecular formula is C15H16N2O6. The number of nitro benzene ring substituents is 1. The van der Waals surface area contributed by atoms with Crippen LogP contribution in [-0.2, 0) is 19.1 Å². The molecule has 0 spiro atoms. The molecule has 1 heterocycles. The van der Waals surface area contributed by atoms with Crippen molar-refractivity contribution in [1.29, 1.82) is 0 Å². The number of hydrogen-bond donors (Lipinski definition) is 0. The minimum absolute atomic E-state index is 0.152. The Morgan fingerprint density at radius 1 is 1.17 bits per heavy atom. The number of anilines is 1. The molecule has 1 saturated heterocycles. The molecule has 0 amide bonds. The van der Waals surface area contributed by atoms with Crippen molar-refractivity contribution >= 4 is 29.4 Å². The van der Waals surface area contributed by atoms with Gasteiger partial charge >= 0.3 is 11.9 Å². The standard InChI is InChI=1S/C15H16N2O6/c1-15(2)22-13(18)11(14(19)23-15)8-9-7-10(17(20)21)5-6-12(9)16(3)4/h5-8H,1-4H3. The van der Waals surface area contributed by atoms with Crippen LogP contribution in [0.3, 0.4) is 0 Å². The fraction of sp³-hybridized carbons (Fsp3) is 0.333. The van der Waals surface area contributed by atoms with Gasteiger partial charge in [0.1, 0.15) is 5.57 Å². The minimum atomic E-state index is -1.33. The van der Waals surface area contributed by atoms with E-state index >= 15 is 0 Å². The third-order valence-corrected chi connectivity index (χ3v) is 3.12. The van der Waals surface area contributed by atoms with E-state index < -0.39 is 22.6 Å². The van der Waals surface area contributed by atoms with E-state index in [0.717, 1.165) is 0 Å². The lowest BCUT2D eigenvalue weighted by atomic mass is 10.1. The molecule has 0 bridgehead atoms. The molecule has 8 heteroatoms. The summed E-state index contributed by atoms with van der Waals surface area (Å²) < 4.78 is 10.0. The second kappa shape index (κ2) is 5.71. The summed E-state index contributed by atoms with van der Waals surface area (Å²) in [6.45, 7) is 2.89. The molecule has 0 unspecified atom stereocenters. The Bertz CT molecular complexity index is 699. The highest BCUT2D eigenvalue weighted by Gasteiger charge is 2.39. The average molecular weight is 320 g/mol. The maximum Gasteiger partial charge on any atom is 0.348 e. The summed E-state index contributed by atoms with van der Waals surface area (Å²) in [5.74, 6) is -3.00. The van der Waals surface area contributed by atoms with Crippen LogP contribution in [0.15, 0.2) is 23.8 Å². The second-order valence-corrected chi connectivity index (χ2v) is 5.63. The van der Waals surface area contributed by atoms with Gasteiger partial charge in [0, 0.05) is 51.3 Å². The largest absolute Gasteiger partial charge is 0.419 e. The van der Waals surface area contributed by atoms with E-state index in [9.17, 15) is 19.7 Å². The molecule has 122 valence electrons. The van der Waals surface area contributed by atoms with Gasteiger partial charge in [-0.3, -0.25) is 10.1 Å². The lowest BCUT2D eigenvalue weighted by Crippen LogP contribution is -2.41. The van der Waals surface area contributed by atoms with Gasteiger partial charge in [0.15, 0.2) is 0 Å². The molecule has 23 heavy (non-hydrogen) atoms. The predicted molar refractivity (Wildman–Crippen MR) is 81.7 cm³/mol. The smallest absolute Gasteiger partial charge is 0.348 e. The van der Waals surface area contributed by atoms with Crippen molar-refractivity contribution in [3.05, 3.63) is 39.4 Å². The van der Waals surface area contributed by atoms with Gasteiger partial charge in [-0.1, -0.05) is 0 Å². The van der Waals surface area contributed by atoms with Crippen LogP contribution < -0.4 is 4.90 Å². The van der Waals surface area contributed by atoms with E-state index in [-0.39, 0.29) is 11.3 Å². The van der Waals surface area contributed by atoms with Crippen molar-refractivity contribution in [3.8, 4) is 0 Å². The van der Waals surface area contributed by atoms with Crippen LogP contribution in [0.1, 0.15) is 19.4 Å². The lowest BCUT2D eigenvalue weighted by molar-refractivity contribution is -0.384. The number of benzene rings is 1. The number of ether oxygens (including phenoxy) is 2. The zero-order valence-corrected chi connectivity index (χ0v) is 13.2. The number of carbonyl (C=O) groups is 2. The van der Waals surface area contributed by atoms with Gasteiger partial charge in [-0.2, -0.15) is 0 Å². The zero-order chi connectivity index (χ0) is 17.4. The molecule has 1 aromatic rings. The summed E-state index contributed by atoms with van der Waals surface area (Å²) in [4.78, 5) is 36.1. The van der Waals surface area contributed by atoms with Crippen LogP contribution in [0.25, 0.3) is 6.08 Å². The van der Waals surface area contributed by atoms with E-state index in [2.05, 4.69) is 0 Å². The highest BCUT2D eigenvalue weighted by molar-refractivity contribution is 6.19. The first-order valence-electron chi connectivity index (χ1n) is 6.75. The second-order valence-electron chi connectivity index (χ2n) is 5.63. The SMILES string of the molecule is CN(C)c1ccc([N+](=O)[O-])cc1C=C1C(=O)OC(C)(C)OC1=O. The molecule has 0 radical (unpaired) electrons. The molecule has 0 atom stereocenters. The summed E-state index contributed by atoms with van der Waals surface area (Å²) in [6.07, 6.45) is 1.24. The molecular weight excluding hydrogens is 304 g/mol. The van der Waals surface area contributed by atoms with Crippen molar-refractivity contribution < 1.29 is 24.0 Å². The molecule has 1 fully saturated rings. The Morgan fingerprint density at radius 3 is 2.22 bits per heavy atom. The van der Waals surface area contributed by atoms with Gasteiger partial charge in [0.05, 0.1) is 4.92 Å². The number of hydrogen-bond acceptors (Lipinski definition) is 7. The Labute approximate surface area is 132 Å². The summed E-state index contributed by atoms with van der Waals surface area (Å²) in [6, 6.07) is 4.16. The van der Waals surface area contributed by atoms with Crippen LogP contribution in [0.5, 0.6) is 0 Å². The predicted octanol–water partition coefficient (Wildman–Crippen LogP) is 1.88. The van der Waals surface area contributed by atoms with E-state index in [0.29, 0.717) is 11.3 Å². The van der Waals surface area contributed by atoms with Crippen LogP contribution in [0.2, 0.25) is 0 Å². The molecule has 0 N–H and O–H groups in total. The van der Waals surface area contributed by atoms with Gasteiger partial charge in [-0.25, -0.2) is 9.59 Å². The first-order chi connectivity index (χ1) is 10.6. The van der Waals surface area contributed by atoms with E-state index in [1.807, 2.05) is 0 Å². The quantitative estimate of drug-likeness (QED) is 0.275. The van der Waals surface area contributed by atoms with Crippen molar-refractivity contribution in [1.82, 2.24) is 0 Å². The van der Waals surface area contributed by atoms with E-state index in [1.165, 1.54) is 38.1 Å². The zero-order valence-electron chi connectivity index (χ0n) is 13.2. The number of esters is 2. The Balaban J connectivity index is 2.52. The van der Waals surface area contributed by atoms with Crippen LogP contribution in [0.4, 0.5) is 11.4 Å². The maximum absolute atomic E-state index is 12.0. The van der Waals surface area contributed by atoms with Gasteiger partial charge in [-0.05, 0) is 12.1 Å².